The fraction of sp³-hybridized carbons (Fsp3) is 0.395. The third-order valence-corrected chi connectivity index (χ3v) is 13.9. The number of hydrogen-bond acceptors (Lipinski definition) is 13. The second-order valence-corrected chi connectivity index (χ2v) is 20.0. The zero-order valence-corrected chi connectivity index (χ0v) is 37.7. The predicted octanol–water partition coefficient (Wildman–Crippen LogP) is 6.73. The first-order valence-corrected chi connectivity index (χ1v) is 24.4. The molecule has 64 heavy (non-hydrogen) atoms. The molecule has 2 unspecified atom stereocenters. The van der Waals surface area contributed by atoms with Gasteiger partial charge in [-0.3, -0.25) is 4.79 Å². The van der Waals surface area contributed by atoms with Crippen molar-refractivity contribution < 1.29 is 75.3 Å². The number of fused-ring (bicyclic) bond motifs is 2. The topological polar surface area (TPSA) is 213 Å². The lowest BCUT2D eigenvalue weighted by Crippen LogP contribution is -2.33. The maximum absolute atomic E-state index is 14.0. The number of allylic oxidation sites excluding steroid dienone is 6. The van der Waals surface area contributed by atoms with E-state index in [9.17, 15) is 61.3 Å². The normalized spacial score (nSPS) is 19.7. The molecule has 3 aromatic carbocycles. The Morgan fingerprint density at radius 1 is 0.781 bits per heavy atom. The molecule has 0 N–H and O–H groups in total. The van der Waals surface area contributed by atoms with Gasteiger partial charge in [0.05, 0.1) is 25.3 Å². The third-order valence-electron chi connectivity index (χ3n) is 11.5. The van der Waals surface area contributed by atoms with Crippen LogP contribution in [0.1, 0.15) is 76.8 Å². The molecule has 2 atom stereocenters. The van der Waals surface area contributed by atoms with Crippen LogP contribution >= 0.6 is 0 Å². The SMILES string of the molecule is CCN1/C(=C/C=C/C=C/C2=[N+](CCCCCC(=O)Oc3c(F)c(F)cc(F)c3F)c3ccc(S(=O)(=O)[O-])cc3C2(C)CCOC)C(C)(CCCS(=O)(=O)[O-])c2cc(S(=O)(=O)[O-])ccc21. The van der Waals surface area contributed by atoms with Crippen molar-refractivity contribution in [3.63, 3.8) is 0 Å². The fourth-order valence-electron chi connectivity index (χ4n) is 8.27. The molecular weight excluding hydrogens is 909 g/mol. The van der Waals surface area contributed by atoms with E-state index in [1.807, 2.05) is 23.3 Å². The number of unbranched alkanes of at least 4 members (excludes halogenated alkanes) is 2. The number of rotatable bonds is 20. The van der Waals surface area contributed by atoms with Gasteiger partial charge in [-0.05, 0) is 94.8 Å². The van der Waals surface area contributed by atoms with Gasteiger partial charge in [-0.15, -0.1) is 0 Å². The monoisotopic (exact) mass is 954 g/mol. The van der Waals surface area contributed by atoms with Gasteiger partial charge in [-0.25, -0.2) is 34.0 Å². The molecule has 0 aliphatic carbocycles. The molecule has 2 aliphatic rings. The number of benzene rings is 3. The largest absolute Gasteiger partial charge is 0.748 e. The molecule has 0 saturated carbocycles. The first-order chi connectivity index (χ1) is 29.9. The number of halogens is 4. The number of esters is 1. The standard InChI is InChI=1S/C43H48F4N2O12S3/c1-5-48-34-18-16-28(63(54,55)56)25-30(34)42(2,20-12-24-62(51,52)53)36(48)13-8-6-9-14-37-43(3,21-23-60-4)31-26-29(64(57,58)59)17-19-35(31)49(37)22-11-7-10-15-38(50)61-41-39(46)32(44)27-33(45)40(41)47/h6,8-9,13-14,16-19,25-27H,5,7,10-12,15,20-24H2,1-4H3,(H2-,51,52,53,54,55,56,57,58,59)/p-2. The minimum atomic E-state index is -4.86. The molecule has 5 rings (SSSR count). The minimum Gasteiger partial charge on any atom is -0.748 e. The number of methoxy groups -OCH3 is 1. The summed E-state index contributed by atoms with van der Waals surface area (Å²) < 4.78 is 174. The highest BCUT2D eigenvalue weighted by atomic mass is 32.2. The predicted molar refractivity (Wildman–Crippen MR) is 223 cm³/mol. The summed E-state index contributed by atoms with van der Waals surface area (Å²) in [5.41, 5.74) is 1.56. The molecular formula is C43H46F4N2O12S3-2. The quantitative estimate of drug-likeness (QED) is 0.0168. The van der Waals surface area contributed by atoms with Gasteiger partial charge in [0.1, 0.15) is 26.8 Å². The Hall–Kier alpha value is -4.77. The van der Waals surface area contributed by atoms with E-state index >= 15 is 0 Å². The molecule has 0 fully saturated rings. The Balaban J connectivity index is 1.46. The van der Waals surface area contributed by atoms with E-state index in [0.29, 0.717) is 66.3 Å². The third kappa shape index (κ3) is 11.0. The van der Waals surface area contributed by atoms with Crippen LogP contribution in [0.25, 0.3) is 0 Å². The van der Waals surface area contributed by atoms with Crippen LogP contribution in [0.3, 0.4) is 0 Å². The smallest absolute Gasteiger partial charge is 0.311 e. The van der Waals surface area contributed by atoms with Crippen molar-refractivity contribution in [2.75, 3.05) is 37.5 Å². The first kappa shape index (κ1) is 50.2. The number of ether oxygens (including phenoxy) is 2. The number of anilines is 1. The maximum atomic E-state index is 14.0. The van der Waals surface area contributed by atoms with Crippen LogP contribution in [0.4, 0.5) is 28.9 Å². The summed E-state index contributed by atoms with van der Waals surface area (Å²) in [5, 5.41) is 0. The van der Waals surface area contributed by atoms with E-state index in [1.165, 1.54) is 43.5 Å². The first-order valence-electron chi connectivity index (χ1n) is 20.0. The van der Waals surface area contributed by atoms with E-state index in [2.05, 4.69) is 4.74 Å². The van der Waals surface area contributed by atoms with Crippen LogP contribution in [-0.4, -0.2) is 87.7 Å². The molecule has 0 radical (unpaired) electrons. The van der Waals surface area contributed by atoms with E-state index in [1.54, 1.807) is 37.3 Å². The van der Waals surface area contributed by atoms with Gasteiger partial charge in [0, 0.05) is 79.4 Å². The molecule has 0 saturated heterocycles. The lowest BCUT2D eigenvalue weighted by Gasteiger charge is -2.30. The van der Waals surface area contributed by atoms with Crippen molar-refractivity contribution in [1.29, 1.82) is 0 Å². The number of carbonyl (C=O) groups excluding carboxylic acids is 1. The molecule has 348 valence electrons. The molecule has 0 aromatic heterocycles. The summed E-state index contributed by atoms with van der Waals surface area (Å²) in [7, 11) is -12.8. The van der Waals surface area contributed by atoms with Crippen LogP contribution in [0, 0.1) is 23.3 Å². The number of carbonyl (C=O) groups is 1. The summed E-state index contributed by atoms with van der Waals surface area (Å²) in [5.74, 6) is -10.4. The van der Waals surface area contributed by atoms with E-state index < -0.39 is 91.7 Å². The van der Waals surface area contributed by atoms with Crippen LogP contribution in [0.5, 0.6) is 5.75 Å². The Labute approximate surface area is 369 Å². The van der Waals surface area contributed by atoms with Crippen molar-refractivity contribution >= 4 is 53.4 Å². The summed E-state index contributed by atoms with van der Waals surface area (Å²) in [4.78, 5) is 13.4. The molecule has 0 bridgehead atoms. The van der Waals surface area contributed by atoms with Crippen LogP contribution < -0.4 is 9.64 Å². The Morgan fingerprint density at radius 3 is 2.00 bits per heavy atom. The molecule has 0 amide bonds. The Morgan fingerprint density at radius 2 is 1.41 bits per heavy atom. The van der Waals surface area contributed by atoms with Crippen molar-refractivity contribution in [2.45, 2.75) is 86.3 Å². The van der Waals surface area contributed by atoms with Crippen molar-refractivity contribution in [3.05, 3.63) is 113 Å². The van der Waals surface area contributed by atoms with Crippen molar-refractivity contribution in [3.8, 4) is 5.75 Å². The lowest BCUT2D eigenvalue weighted by atomic mass is 9.76. The van der Waals surface area contributed by atoms with Crippen molar-refractivity contribution in [2.24, 2.45) is 0 Å². The average molecular weight is 955 g/mol. The zero-order chi connectivity index (χ0) is 47.4. The average Bonchev–Trinajstić information content (AvgIpc) is 3.59. The number of hydrogen-bond donors (Lipinski definition) is 0. The van der Waals surface area contributed by atoms with Crippen LogP contribution in [-0.2, 0) is 50.7 Å². The summed E-state index contributed by atoms with van der Waals surface area (Å²) in [6.45, 7) is 6.40. The summed E-state index contributed by atoms with van der Waals surface area (Å²) >= 11 is 0. The van der Waals surface area contributed by atoms with Gasteiger partial charge in [-0.1, -0.05) is 18.2 Å². The maximum Gasteiger partial charge on any atom is 0.311 e. The highest BCUT2D eigenvalue weighted by molar-refractivity contribution is 7.86. The summed E-state index contributed by atoms with van der Waals surface area (Å²) in [6, 6.07) is 8.01. The lowest BCUT2D eigenvalue weighted by molar-refractivity contribution is -0.438. The van der Waals surface area contributed by atoms with E-state index in [4.69, 9.17) is 4.74 Å². The second-order valence-electron chi connectivity index (χ2n) is 15.7. The highest BCUT2D eigenvalue weighted by Gasteiger charge is 2.48. The Bertz CT molecular complexity index is 2750. The molecule has 3 aromatic rings. The highest BCUT2D eigenvalue weighted by Crippen LogP contribution is 2.51. The van der Waals surface area contributed by atoms with Gasteiger partial charge in [-0.2, -0.15) is 13.4 Å². The Kier molecular flexibility index (Phi) is 15.5. The van der Waals surface area contributed by atoms with Gasteiger partial charge in [0.2, 0.25) is 23.1 Å². The number of likely N-dealkylation sites (N-methyl/N-ethyl adjacent to an activating group) is 1. The zero-order valence-electron chi connectivity index (χ0n) is 35.2. The van der Waals surface area contributed by atoms with Gasteiger partial charge < -0.3 is 28.0 Å². The van der Waals surface area contributed by atoms with E-state index in [0.717, 1.165) is 0 Å². The molecule has 14 nitrogen and oxygen atoms in total. The fourth-order valence-corrected chi connectivity index (χ4v) is 9.76. The number of nitrogens with zero attached hydrogens (tertiary/aromatic N) is 2. The summed E-state index contributed by atoms with van der Waals surface area (Å²) in [6.07, 6.45) is 9.61. The van der Waals surface area contributed by atoms with Gasteiger partial charge in [0.25, 0.3) is 0 Å². The van der Waals surface area contributed by atoms with Gasteiger partial charge in [0.15, 0.2) is 17.3 Å². The molecule has 21 heteroatoms. The molecule has 2 aliphatic heterocycles. The minimum absolute atomic E-state index is 0.00906. The van der Waals surface area contributed by atoms with Crippen LogP contribution in [0.15, 0.2) is 88.3 Å². The van der Waals surface area contributed by atoms with Crippen molar-refractivity contribution in [1.82, 2.24) is 0 Å². The van der Waals surface area contributed by atoms with Gasteiger partial charge >= 0.3 is 5.97 Å². The van der Waals surface area contributed by atoms with Crippen LogP contribution in [0.2, 0.25) is 0 Å². The molecule has 2 heterocycles. The second kappa shape index (κ2) is 19.8. The molecule has 0 spiro atoms. The van der Waals surface area contributed by atoms with E-state index in [-0.39, 0.29) is 38.4 Å².